The molecule has 3 rings (SSSR count). The molecule has 22 heavy (non-hydrogen) atoms. The van der Waals surface area contributed by atoms with Gasteiger partial charge in [0.2, 0.25) is 0 Å². The van der Waals surface area contributed by atoms with Crippen molar-refractivity contribution < 1.29 is 19.0 Å². The summed E-state index contributed by atoms with van der Waals surface area (Å²) in [7, 11) is 2.96. The number of phenols is 1. The van der Waals surface area contributed by atoms with Crippen LogP contribution in [0.3, 0.4) is 0 Å². The first-order valence-electron chi connectivity index (χ1n) is 6.62. The maximum absolute atomic E-state index is 12.2. The Hall–Kier alpha value is -2.95. The van der Waals surface area contributed by atoms with E-state index >= 15 is 0 Å². The Labute approximate surface area is 126 Å². The number of ether oxygens (including phenoxy) is 2. The lowest BCUT2D eigenvalue weighted by molar-refractivity contribution is 0.352. The molecule has 3 aromatic rings. The van der Waals surface area contributed by atoms with Gasteiger partial charge in [0, 0.05) is 17.0 Å². The molecule has 0 radical (unpaired) electrons. The summed E-state index contributed by atoms with van der Waals surface area (Å²) in [6.07, 6.45) is 0. The van der Waals surface area contributed by atoms with E-state index in [9.17, 15) is 9.90 Å². The Morgan fingerprint density at radius 2 is 1.64 bits per heavy atom. The van der Waals surface area contributed by atoms with Crippen LogP contribution in [0.15, 0.2) is 51.7 Å². The minimum Gasteiger partial charge on any atom is -0.507 e. The standard InChI is InChI=1S/C17H14O5/c1-20-15-8-11(13(18)9-16(15)21-2)12-7-10-5-3-4-6-14(10)22-17(12)19/h3-9,18H,1-2H3. The Balaban J connectivity index is 2.27. The Morgan fingerprint density at radius 1 is 0.955 bits per heavy atom. The van der Waals surface area contributed by atoms with Crippen LogP contribution in [0.5, 0.6) is 17.2 Å². The first-order chi connectivity index (χ1) is 10.6. The third-order valence-electron chi connectivity index (χ3n) is 3.43. The van der Waals surface area contributed by atoms with E-state index in [1.165, 1.54) is 20.3 Å². The Kier molecular flexibility index (Phi) is 3.47. The second-order valence-electron chi connectivity index (χ2n) is 4.71. The summed E-state index contributed by atoms with van der Waals surface area (Å²) in [5.41, 5.74) is 0.562. The van der Waals surface area contributed by atoms with Crippen molar-refractivity contribution >= 4 is 11.0 Å². The Bertz CT molecular complexity index is 895. The molecule has 1 N–H and O–H groups in total. The van der Waals surface area contributed by atoms with Crippen molar-refractivity contribution in [1.29, 1.82) is 0 Å². The van der Waals surface area contributed by atoms with Crippen LogP contribution in [0, 0.1) is 0 Å². The van der Waals surface area contributed by atoms with E-state index in [0.29, 0.717) is 22.6 Å². The summed E-state index contributed by atoms with van der Waals surface area (Å²) in [4.78, 5) is 12.2. The van der Waals surface area contributed by atoms with Crippen LogP contribution in [0.25, 0.3) is 22.1 Å². The molecule has 5 nitrogen and oxygen atoms in total. The van der Waals surface area contributed by atoms with Crippen molar-refractivity contribution in [3.05, 3.63) is 52.9 Å². The average Bonchev–Trinajstić information content (AvgIpc) is 2.54. The highest BCUT2D eigenvalue weighted by Gasteiger charge is 2.16. The van der Waals surface area contributed by atoms with Crippen molar-refractivity contribution in [3.63, 3.8) is 0 Å². The zero-order valence-electron chi connectivity index (χ0n) is 12.1. The number of benzene rings is 2. The van der Waals surface area contributed by atoms with Gasteiger partial charge in [0.15, 0.2) is 11.5 Å². The summed E-state index contributed by atoms with van der Waals surface area (Å²) in [5, 5.41) is 10.9. The van der Waals surface area contributed by atoms with Gasteiger partial charge in [-0.25, -0.2) is 4.79 Å². The van der Waals surface area contributed by atoms with E-state index in [-0.39, 0.29) is 11.3 Å². The zero-order chi connectivity index (χ0) is 15.7. The molecule has 2 aromatic carbocycles. The van der Waals surface area contributed by atoms with Gasteiger partial charge in [0.1, 0.15) is 11.3 Å². The number of hydrogen-bond acceptors (Lipinski definition) is 5. The molecule has 1 aromatic heterocycles. The summed E-state index contributed by atoms with van der Waals surface area (Å²) >= 11 is 0. The third kappa shape index (κ3) is 2.26. The molecule has 1 heterocycles. The van der Waals surface area contributed by atoms with Gasteiger partial charge in [0.25, 0.3) is 0 Å². The summed E-state index contributed by atoms with van der Waals surface area (Å²) in [5.74, 6) is 0.719. The first-order valence-corrected chi connectivity index (χ1v) is 6.62. The highest BCUT2D eigenvalue weighted by Crippen LogP contribution is 2.38. The SMILES string of the molecule is COc1cc(O)c(-c2cc3ccccc3oc2=O)cc1OC. The van der Waals surface area contributed by atoms with Crippen molar-refractivity contribution in [2.24, 2.45) is 0 Å². The predicted octanol–water partition coefficient (Wildman–Crippen LogP) is 3.18. The van der Waals surface area contributed by atoms with Crippen molar-refractivity contribution in [1.82, 2.24) is 0 Å². The van der Waals surface area contributed by atoms with E-state index in [1.807, 2.05) is 12.1 Å². The lowest BCUT2D eigenvalue weighted by Gasteiger charge is -2.11. The smallest absolute Gasteiger partial charge is 0.344 e. The average molecular weight is 298 g/mol. The number of rotatable bonds is 3. The summed E-state index contributed by atoms with van der Waals surface area (Å²) in [6, 6.07) is 11.8. The number of phenolic OH excluding ortho intramolecular Hbond substituents is 1. The molecule has 5 heteroatoms. The maximum atomic E-state index is 12.2. The van der Waals surface area contributed by atoms with E-state index in [0.717, 1.165) is 5.39 Å². The molecule has 112 valence electrons. The number of methoxy groups -OCH3 is 2. The van der Waals surface area contributed by atoms with E-state index < -0.39 is 5.63 Å². The molecule has 0 amide bonds. The van der Waals surface area contributed by atoms with Gasteiger partial charge >= 0.3 is 5.63 Å². The van der Waals surface area contributed by atoms with Crippen molar-refractivity contribution in [3.8, 4) is 28.4 Å². The van der Waals surface area contributed by atoms with E-state index in [2.05, 4.69) is 0 Å². The van der Waals surface area contributed by atoms with Crippen LogP contribution in [-0.4, -0.2) is 19.3 Å². The molecular weight excluding hydrogens is 284 g/mol. The lowest BCUT2D eigenvalue weighted by Crippen LogP contribution is -2.03. The largest absolute Gasteiger partial charge is 0.507 e. The molecule has 0 aliphatic carbocycles. The minimum atomic E-state index is -0.527. The molecule has 0 unspecified atom stereocenters. The number of aromatic hydroxyl groups is 1. The maximum Gasteiger partial charge on any atom is 0.344 e. The second kappa shape index (κ2) is 5.44. The molecule has 0 saturated carbocycles. The van der Waals surface area contributed by atoms with Crippen LogP contribution in [0.4, 0.5) is 0 Å². The molecule has 0 aliphatic heterocycles. The second-order valence-corrected chi connectivity index (χ2v) is 4.71. The van der Waals surface area contributed by atoms with Gasteiger partial charge in [0.05, 0.1) is 19.8 Å². The van der Waals surface area contributed by atoms with Gasteiger partial charge < -0.3 is 19.0 Å². The first kappa shape index (κ1) is 14.0. The van der Waals surface area contributed by atoms with Crippen LogP contribution in [0.2, 0.25) is 0 Å². The molecule has 0 aliphatic rings. The van der Waals surface area contributed by atoms with Gasteiger partial charge in [-0.1, -0.05) is 18.2 Å². The third-order valence-corrected chi connectivity index (χ3v) is 3.43. The molecular formula is C17H14O5. The zero-order valence-corrected chi connectivity index (χ0v) is 12.1. The van der Waals surface area contributed by atoms with Crippen LogP contribution >= 0.6 is 0 Å². The van der Waals surface area contributed by atoms with Gasteiger partial charge in [-0.2, -0.15) is 0 Å². The van der Waals surface area contributed by atoms with Gasteiger partial charge in [-0.05, 0) is 18.2 Å². The minimum absolute atomic E-state index is 0.0831. The molecule has 0 atom stereocenters. The van der Waals surface area contributed by atoms with Gasteiger partial charge in [-0.15, -0.1) is 0 Å². The molecule has 0 fully saturated rings. The Morgan fingerprint density at radius 3 is 2.36 bits per heavy atom. The van der Waals surface area contributed by atoms with Crippen LogP contribution < -0.4 is 15.1 Å². The van der Waals surface area contributed by atoms with Crippen LogP contribution in [0.1, 0.15) is 0 Å². The quantitative estimate of drug-likeness (QED) is 0.752. The molecule has 0 saturated heterocycles. The van der Waals surface area contributed by atoms with Crippen molar-refractivity contribution in [2.45, 2.75) is 0 Å². The predicted molar refractivity (Wildman–Crippen MR) is 82.7 cm³/mol. The normalized spacial score (nSPS) is 10.6. The highest BCUT2D eigenvalue weighted by atomic mass is 16.5. The summed E-state index contributed by atoms with van der Waals surface area (Å²) < 4.78 is 15.6. The number of para-hydroxylation sites is 1. The topological polar surface area (TPSA) is 68.9 Å². The van der Waals surface area contributed by atoms with Gasteiger partial charge in [-0.3, -0.25) is 0 Å². The van der Waals surface area contributed by atoms with Crippen LogP contribution in [-0.2, 0) is 0 Å². The lowest BCUT2D eigenvalue weighted by atomic mass is 10.0. The molecule has 0 spiro atoms. The summed E-state index contributed by atoms with van der Waals surface area (Å²) in [6.45, 7) is 0. The fourth-order valence-corrected chi connectivity index (χ4v) is 2.33. The van der Waals surface area contributed by atoms with E-state index in [4.69, 9.17) is 13.9 Å². The number of hydrogen-bond donors (Lipinski definition) is 1. The number of fused-ring (bicyclic) bond motifs is 1. The molecule has 0 bridgehead atoms. The fraction of sp³-hybridized carbons (Fsp3) is 0.118. The monoisotopic (exact) mass is 298 g/mol. The fourth-order valence-electron chi connectivity index (χ4n) is 2.33. The highest BCUT2D eigenvalue weighted by molar-refractivity contribution is 5.83. The van der Waals surface area contributed by atoms with E-state index in [1.54, 1.807) is 24.3 Å². The van der Waals surface area contributed by atoms with Crippen molar-refractivity contribution in [2.75, 3.05) is 14.2 Å².